The highest BCUT2D eigenvalue weighted by atomic mass is 16.5. The zero-order valence-corrected chi connectivity index (χ0v) is 47.5. The van der Waals surface area contributed by atoms with E-state index in [-0.39, 0.29) is 145 Å². The van der Waals surface area contributed by atoms with Crippen LogP contribution in [0.4, 0.5) is 0 Å². The van der Waals surface area contributed by atoms with Crippen molar-refractivity contribution in [2.75, 3.05) is 85.6 Å². The highest BCUT2D eigenvalue weighted by Gasteiger charge is 2.30. The van der Waals surface area contributed by atoms with Gasteiger partial charge in [-0.1, -0.05) is 89.9 Å². The summed E-state index contributed by atoms with van der Waals surface area (Å²) in [4.78, 5) is 108. The summed E-state index contributed by atoms with van der Waals surface area (Å²) in [6.45, 7) is 5.36. The second kappa shape index (κ2) is 48.3. The topological polar surface area (TPSA) is 329 Å². The van der Waals surface area contributed by atoms with Crippen LogP contribution < -0.4 is 37.6 Å². The van der Waals surface area contributed by atoms with E-state index in [2.05, 4.69) is 31.9 Å². The Morgan fingerprint density at radius 2 is 0.962 bits per heavy atom. The molecule has 1 fully saturated rings. The smallest absolute Gasteiger partial charge is 0.326 e. The molecule has 10 N–H and O–H groups in total. The second-order valence-corrected chi connectivity index (χ2v) is 20.7. The quantitative estimate of drug-likeness (QED) is 0.0381. The summed E-state index contributed by atoms with van der Waals surface area (Å²) in [6.07, 6.45) is 23.9. The molecule has 1 aliphatic rings. The molecule has 0 bridgehead atoms. The summed E-state index contributed by atoms with van der Waals surface area (Å²) in [7, 11) is 0. The molecule has 1 rings (SSSR count). The predicted octanol–water partition coefficient (Wildman–Crippen LogP) is 4.41. The lowest BCUT2D eigenvalue weighted by Crippen LogP contribution is -2.45. The Bertz CT molecular complexity index is 1680. The number of carbonyl (C=O) groups is 9. The fourth-order valence-corrected chi connectivity index (χ4v) is 8.85. The number of carboxylic acids is 2. The molecule has 0 spiro atoms. The van der Waals surface area contributed by atoms with Gasteiger partial charge >= 0.3 is 11.9 Å². The summed E-state index contributed by atoms with van der Waals surface area (Å²) >= 11 is 0. The number of carbonyl (C=O) groups excluding carboxylic acids is 7. The third-order valence-electron chi connectivity index (χ3n) is 13.7. The largest absolute Gasteiger partial charge is 0.481 e. The van der Waals surface area contributed by atoms with Gasteiger partial charge in [0.2, 0.25) is 29.5 Å². The Kier molecular flexibility index (Phi) is 44.2. The van der Waals surface area contributed by atoms with E-state index in [0.717, 1.165) is 51.4 Å². The van der Waals surface area contributed by atoms with Gasteiger partial charge in [-0.3, -0.25) is 38.4 Å². The number of hydrogen-bond acceptors (Lipinski definition) is 15. The van der Waals surface area contributed by atoms with E-state index < -0.39 is 30.1 Å². The first kappa shape index (κ1) is 71.4. The zero-order chi connectivity index (χ0) is 57.4. The number of ketones is 2. The number of unbranched alkanes of at least 4 members (excludes halogenated alkanes) is 16. The molecule has 78 heavy (non-hydrogen) atoms. The van der Waals surface area contributed by atoms with E-state index in [4.69, 9.17) is 29.8 Å². The first-order valence-electron chi connectivity index (χ1n) is 29.2. The van der Waals surface area contributed by atoms with Gasteiger partial charge in [0, 0.05) is 51.4 Å². The Hall–Kier alpha value is -4.61. The van der Waals surface area contributed by atoms with Crippen molar-refractivity contribution in [3.63, 3.8) is 0 Å². The minimum Gasteiger partial charge on any atom is -0.481 e. The summed E-state index contributed by atoms with van der Waals surface area (Å²) in [5, 5.41) is 35.1. The van der Waals surface area contributed by atoms with Crippen molar-refractivity contribution in [1.29, 1.82) is 0 Å². The van der Waals surface area contributed by atoms with Crippen LogP contribution in [0, 0.1) is 11.8 Å². The average Bonchev–Trinajstić information content (AvgIpc) is 3.40. The van der Waals surface area contributed by atoms with Crippen molar-refractivity contribution in [3.8, 4) is 0 Å². The first-order chi connectivity index (χ1) is 37.6. The fourth-order valence-electron chi connectivity index (χ4n) is 8.85. The Labute approximate surface area is 464 Å². The van der Waals surface area contributed by atoms with Gasteiger partial charge in [-0.05, 0) is 84.0 Å². The van der Waals surface area contributed by atoms with E-state index >= 15 is 0 Å². The van der Waals surface area contributed by atoms with E-state index in [9.17, 15) is 48.3 Å². The molecule has 0 saturated heterocycles. The first-order valence-corrected chi connectivity index (χ1v) is 29.2. The van der Waals surface area contributed by atoms with E-state index in [0.29, 0.717) is 51.6 Å². The van der Waals surface area contributed by atoms with Crippen molar-refractivity contribution in [2.24, 2.45) is 17.6 Å². The van der Waals surface area contributed by atoms with E-state index in [1.54, 1.807) is 6.92 Å². The molecule has 3 atom stereocenters. The van der Waals surface area contributed by atoms with Gasteiger partial charge in [0.05, 0.1) is 58.3 Å². The number of amides is 5. The van der Waals surface area contributed by atoms with Crippen molar-refractivity contribution in [1.82, 2.24) is 31.9 Å². The van der Waals surface area contributed by atoms with Gasteiger partial charge in [0.25, 0.3) is 0 Å². The maximum absolute atomic E-state index is 13.0. The van der Waals surface area contributed by atoms with Crippen molar-refractivity contribution in [2.45, 2.75) is 205 Å². The molecule has 22 heteroatoms. The normalized spacial score (nSPS) is 15.4. The number of ether oxygens (including phenoxy) is 4. The van der Waals surface area contributed by atoms with Gasteiger partial charge in [0.1, 0.15) is 25.0 Å². The predicted molar refractivity (Wildman–Crippen MR) is 295 cm³/mol. The minimum atomic E-state index is -1.21. The number of Topliss-reactive ketones (excluding diaryl/α,β-unsaturated/α-hetero) is 2. The lowest BCUT2D eigenvalue weighted by Gasteiger charge is -2.28. The number of hydrogen-bond donors (Lipinski definition) is 9. The van der Waals surface area contributed by atoms with Crippen molar-refractivity contribution < 1.29 is 72.3 Å². The van der Waals surface area contributed by atoms with Gasteiger partial charge in [-0.2, -0.15) is 0 Å². The van der Waals surface area contributed by atoms with Gasteiger partial charge in [0.15, 0.2) is 5.78 Å². The molecule has 0 radical (unpaired) electrons. The molecular weight excluding hydrogens is 1010 g/mol. The van der Waals surface area contributed by atoms with Crippen LogP contribution in [0.15, 0.2) is 0 Å². The zero-order valence-electron chi connectivity index (χ0n) is 47.5. The molecule has 5 amide bonds. The highest BCUT2D eigenvalue weighted by molar-refractivity contribution is 5.87. The average molecular weight is 1110 g/mol. The summed E-state index contributed by atoms with van der Waals surface area (Å²) in [6, 6.07) is -2.23. The Balaban J connectivity index is 1.98. The number of rotatable bonds is 53. The Morgan fingerprint density at radius 3 is 1.45 bits per heavy atom. The molecule has 22 nitrogen and oxygen atoms in total. The van der Waals surface area contributed by atoms with Crippen LogP contribution in [0.2, 0.25) is 0 Å². The van der Waals surface area contributed by atoms with Crippen LogP contribution in [0.3, 0.4) is 0 Å². The van der Waals surface area contributed by atoms with Crippen LogP contribution in [0.1, 0.15) is 187 Å². The van der Waals surface area contributed by atoms with Crippen LogP contribution in [0.25, 0.3) is 0 Å². The summed E-state index contributed by atoms with van der Waals surface area (Å²) in [5.74, 6) is -3.44. The third kappa shape index (κ3) is 42.4. The number of carboxylic acid groups (broad SMARTS) is 2. The molecule has 450 valence electrons. The summed E-state index contributed by atoms with van der Waals surface area (Å²) in [5.41, 5.74) is 5.56. The minimum absolute atomic E-state index is 0.0373. The second-order valence-electron chi connectivity index (χ2n) is 20.7. The van der Waals surface area contributed by atoms with Crippen LogP contribution in [-0.2, 0) is 62.1 Å². The number of nitrogens with two attached hydrogens (primary N) is 1. The molecule has 0 aliphatic heterocycles. The molecule has 1 aliphatic carbocycles. The van der Waals surface area contributed by atoms with Crippen molar-refractivity contribution >= 4 is 53.0 Å². The van der Waals surface area contributed by atoms with Crippen LogP contribution >= 0.6 is 0 Å². The molecule has 0 aromatic carbocycles. The molecular formula is C56H101N7O15. The standard InChI is InChI=1S/C56H101N7O15/c1-43(57)49(65)40-61-47(44(2)64)21-19-20-30-58-52(68)41-77-37-36-76-34-32-60-53(69)42-78-38-35-75-33-31-59-51(67)29-28-48(56(73)74)63-55(72)46-26-24-45(25-27-46)39-62-50(66)22-17-15-13-11-9-7-5-3-4-6-8-10-12-14-16-18-23-54(70)71/h43,45-48,61H,3-42,57H2,1-2H3,(H,58,68)(H,59,67)(H,60,69)(H,62,66)(H,63,72)(H,70,71)(H,73,74)/t43-,45-,46-,47-,48-/m0/s1. The van der Waals surface area contributed by atoms with Gasteiger partial charge in [-0.15, -0.1) is 0 Å². The van der Waals surface area contributed by atoms with Gasteiger partial charge < -0.3 is 66.8 Å². The maximum Gasteiger partial charge on any atom is 0.326 e. The SMILES string of the molecule is CC(=O)[C@H](CCCCNC(=O)COCCOCCNC(=O)COCCOCCNC(=O)CC[C@H](NC(=O)[C@H]1CC[C@H](CNC(=O)CCCCCCCCCCCCCCCCCCC(=O)O)CC1)C(=O)O)NCC(=O)[C@H](C)N. The monoisotopic (exact) mass is 1110 g/mol. The maximum atomic E-state index is 13.0. The fraction of sp³-hybridized carbons (Fsp3) is 0.839. The number of nitrogens with one attached hydrogen (secondary N) is 6. The Morgan fingerprint density at radius 1 is 0.500 bits per heavy atom. The molecule has 0 heterocycles. The van der Waals surface area contributed by atoms with Crippen LogP contribution in [0.5, 0.6) is 0 Å². The van der Waals surface area contributed by atoms with Crippen molar-refractivity contribution in [3.05, 3.63) is 0 Å². The van der Waals surface area contributed by atoms with E-state index in [1.165, 1.54) is 71.1 Å². The number of aliphatic carboxylic acids is 2. The molecule has 0 aromatic rings. The molecule has 1 saturated carbocycles. The third-order valence-corrected chi connectivity index (χ3v) is 13.7. The lowest BCUT2D eigenvalue weighted by atomic mass is 9.81. The lowest BCUT2D eigenvalue weighted by molar-refractivity contribution is -0.143. The highest BCUT2D eigenvalue weighted by Crippen LogP contribution is 2.29. The van der Waals surface area contributed by atoms with Gasteiger partial charge in [-0.25, -0.2) is 4.79 Å². The van der Waals surface area contributed by atoms with Crippen LogP contribution in [-0.4, -0.2) is 167 Å². The molecule has 0 unspecified atom stereocenters. The molecule has 0 aromatic heterocycles. The summed E-state index contributed by atoms with van der Waals surface area (Å²) < 4.78 is 21.5. The van der Waals surface area contributed by atoms with E-state index in [1.807, 2.05) is 0 Å².